The van der Waals surface area contributed by atoms with E-state index in [9.17, 15) is 4.79 Å². The first-order chi connectivity index (χ1) is 10.3. The van der Waals surface area contributed by atoms with Crippen LogP contribution >= 0.6 is 23.2 Å². The number of benzene rings is 1. The van der Waals surface area contributed by atoms with Crippen LogP contribution in [0.1, 0.15) is 18.3 Å². The molecule has 2 aromatic rings. The number of anilines is 1. The number of ether oxygens (including phenoxy) is 1. The van der Waals surface area contributed by atoms with Crippen molar-refractivity contribution < 1.29 is 9.53 Å². The van der Waals surface area contributed by atoms with Gasteiger partial charge in [0.2, 0.25) is 0 Å². The minimum absolute atomic E-state index is 0.282. The molecule has 2 rings (SSSR count). The molecule has 1 unspecified atom stereocenters. The number of hydrogen-bond acceptors (Lipinski definition) is 3. The summed E-state index contributed by atoms with van der Waals surface area (Å²) in [5.74, 6) is 0.0895. The Labute approximate surface area is 139 Å². The lowest BCUT2D eigenvalue weighted by atomic mass is 10.2. The van der Waals surface area contributed by atoms with Gasteiger partial charge >= 0.3 is 0 Å². The van der Waals surface area contributed by atoms with E-state index in [-0.39, 0.29) is 10.9 Å². The second-order valence-corrected chi connectivity index (χ2v) is 5.76. The summed E-state index contributed by atoms with van der Waals surface area (Å²) in [5.41, 5.74) is 2.32. The molecule has 1 heterocycles. The van der Waals surface area contributed by atoms with Crippen LogP contribution in [-0.4, -0.2) is 21.8 Å². The van der Waals surface area contributed by atoms with Gasteiger partial charge in [-0.2, -0.15) is 5.10 Å². The van der Waals surface area contributed by atoms with Crippen molar-refractivity contribution in [1.29, 1.82) is 0 Å². The number of amides is 1. The molecule has 0 spiro atoms. The molecule has 1 atom stereocenters. The summed E-state index contributed by atoms with van der Waals surface area (Å²) in [5, 5.41) is 7.76. The van der Waals surface area contributed by atoms with E-state index in [1.807, 2.05) is 20.9 Å². The molecular formula is C15H17Cl2N3O2. The number of hydrogen-bond donors (Lipinski definition) is 1. The molecule has 0 aliphatic carbocycles. The fraction of sp³-hybridized carbons (Fsp3) is 0.333. The Hall–Kier alpha value is -1.72. The minimum Gasteiger partial charge on any atom is -0.479 e. The lowest BCUT2D eigenvalue weighted by molar-refractivity contribution is -0.122. The van der Waals surface area contributed by atoms with Gasteiger partial charge in [0.1, 0.15) is 10.8 Å². The molecule has 7 heteroatoms. The molecular weight excluding hydrogens is 325 g/mol. The number of nitrogens with one attached hydrogen (secondary N) is 1. The molecule has 0 bridgehead atoms. The fourth-order valence-corrected chi connectivity index (χ4v) is 2.33. The van der Waals surface area contributed by atoms with Gasteiger partial charge in [0, 0.05) is 7.05 Å². The average molecular weight is 342 g/mol. The van der Waals surface area contributed by atoms with Gasteiger partial charge in [-0.1, -0.05) is 29.3 Å². The van der Waals surface area contributed by atoms with Crippen LogP contribution in [0.25, 0.3) is 0 Å². The maximum Gasteiger partial charge on any atom is 0.265 e. The van der Waals surface area contributed by atoms with Gasteiger partial charge in [0.05, 0.1) is 22.1 Å². The standard InChI is InChI=1S/C15H17Cl2N3O2/c1-8-14(9(2)20(4)19-8)18-15(21)10(3)22-12-7-5-6-11(16)13(12)17/h5-7,10H,1-4H3,(H,18,21). The smallest absolute Gasteiger partial charge is 0.265 e. The first-order valence-electron chi connectivity index (χ1n) is 6.73. The molecule has 5 nitrogen and oxygen atoms in total. The van der Waals surface area contributed by atoms with Crippen LogP contribution in [-0.2, 0) is 11.8 Å². The lowest BCUT2D eigenvalue weighted by Gasteiger charge is -2.16. The van der Waals surface area contributed by atoms with Crippen LogP contribution in [0.15, 0.2) is 18.2 Å². The van der Waals surface area contributed by atoms with Crippen molar-refractivity contribution in [3.8, 4) is 5.75 Å². The molecule has 0 saturated heterocycles. The molecule has 1 N–H and O–H groups in total. The summed E-state index contributed by atoms with van der Waals surface area (Å²) < 4.78 is 7.30. The van der Waals surface area contributed by atoms with Gasteiger partial charge in [0.25, 0.3) is 5.91 Å². The second-order valence-electron chi connectivity index (χ2n) is 4.97. The highest BCUT2D eigenvalue weighted by Crippen LogP contribution is 2.32. The van der Waals surface area contributed by atoms with Crippen molar-refractivity contribution in [2.24, 2.45) is 7.05 Å². The van der Waals surface area contributed by atoms with E-state index < -0.39 is 6.10 Å². The van der Waals surface area contributed by atoms with Gasteiger partial charge in [-0.25, -0.2) is 0 Å². The molecule has 22 heavy (non-hydrogen) atoms. The maximum absolute atomic E-state index is 12.3. The zero-order chi connectivity index (χ0) is 16.4. The molecule has 0 aliphatic rings. The number of carbonyl (C=O) groups excluding carboxylic acids is 1. The van der Waals surface area contributed by atoms with Crippen LogP contribution in [0.2, 0.25) is 10.0 Å². The van der Waals surface area contributed by atoms with Crippen molar-refractivity contribution in [2.75, 3.05) is 5.32 Å². The maximum atomic E-state index is 12.3. The number of carbonyl (C=O) groups is 1. The van der Waals surface area contributed by atoms with E-state index in [0.717, 1.165) is 11.4 Å². The number of rotatable bonds is 4. The van der Waals surface area contributed by atoms with E-state index in [2.05, 4.69) is 10.4 Å². The van der Waals surface area contributed by atoms with Crippen LogP contribution in [0.4, 0.5) is 5.69 Å². The summed E-state index contributed by atoms with van der Waals surface area (Å²) in [6.45, 7) is 5.37. The third kappa shape index (κ3) is 3.36. The van der Waals surface area contributed by atoms with Crippen molar-refractivity contribution in [3.63, 3.8) is 0 Å². The van der Waals surface area contributed by atoms with E-state index in [0.29, 0.717) is 16.5 Å². The van der Waals surface area contributed by atoms with Gasteiger partial charge in [-0.05, 0) is 32.9 Å². The van der Waals surface area contributed by atoms with Gasteiger partial charge in [-0.15, -0.1) is 0 Å². The molecule has 0 fully saturated rings. The summed E-state index contributed by atoms with van der Waals surface area (Å²) in [6.07, 6.45) is -0.727. The Morgan fingerprint density at radius 1 is 1.36 bits per heavy atom. The van der Waals surface area contributed by atoms with Crippen LogP contribution in [0.5, 0.6) is 5.75 Å². The summed E-state index contributed by atoms with van der Waals surface area (Å²) in [7, 11) is 1.82. The van der Waals surface area contributed by atoms with E-state index in [1.165, 1.54) is 0 Å². The van der Waals surface area contributed by atoms with Crippen LogP contribution in [0, 0.1) is 13.8 Å². The Kier molecular flexibility index (Phi) is 4.98. The van der Waals surface area contributed by atoms with Crippen LogP contribution in [0.3, 0.4) is 0 Å². The largest absolute Gasteiger partial charge is 0.479 e. The quantitative estimate of drug-likeness (QED) is 0.921. The van der Waals surface area contributed by atoms with Crippen molar-refractivity contribution in [3.05, 3.63) is 39.6 Å². The highest BCUT2D eigenvalue weighted by molar-refractivity contribution is 6.42. The summed E-state index contributed by atoms with van der Waals surface area (Å²) in [4.78, 5) is 12.3. The molecule has 0 radical (unpaired) electrons. The monoisotopic (exact) mass is 341 g/mol. The normalized spacial score (nSPS) is 12.1. The third-order valence-corrected chi connectivity index (χ3v) is 4.15. The zero-order valence-electron chi connectivity index (χ0n) is 12.8. The highest BCUT2D eigenvalue weighted by atomic mass is 35.5. The molecule has 1 aromatic heterocycles. The van der Waals surface area contributed by atoms with Crippen molar-refractivity contribution in [1.82, 2.24) is 9.78 Å². The Bertz CT molecular complexity index is 713. The second kappa shape index (κ2) is 6.58. The topological polar surface area (TPSA) is 56.2 Å². The number of halogens is 2. The number of nitrogens with zero attached hydrogens (tertiary/aromatic N) is 2. The third-order valence-electron chi connectivity index (χ3n) is 3.35. The Morgan fingerprint density at radius 2 is 2.05 bits per heavy atom. The van der Waals surface area contributed by atoms with Crippen molar-refractivity contribution in [2.45, 2.75) is 26.9 Å². The SMILES string of the molecule is Cc1nn(C)c(C)c1NC(=O)C(C)Oc1cccc(Cl)c1Cl. The number of aryl methyl sites for hydroxylation is 2. The molecule has 1 aromatic carbocycles. The summed E-state index contributed by atoms with van der Waals surface area (Å²) in [6, 6.07) is 5.03. The van der Waals surface area contributed by atoms with E-state index in [1.54, 1.807) is 29.8 Å². The van der Waals surface area contributed by atoms with Gasteiger partial charge in [-0.3, -0.25) is 9.48 Å². The molecule has 0 saturated carbocycles. The number of aromatic nitrogens is 2. The highest BCUT2D eigenvalue weighted by Gasteiger charge is 2.20. The van der Waals surface area contributed by atoms with E-state index in [4.69, 9.17) is 27.9 Å². The Morgan fingerprint density at radius 3 is 2.64 bits per heavy atom. The van der Waals surface area contributed by atoms with Gasteiger partial charge < -0.3 is 10.1 Å². The van der Waals surface area contributed by atoms with Gasteiger partial charge in [0.15, 0.2) is 6.10 Å². The minimum atomic E-state index is -0.727. The predicted octanol–water partition coefficient (Wildman–Crippen LogP) is 3.75. The van der Waals surface area contributed by atoms with E-state index >= 15 is 0 Å². The zero-order valence-corrected chi connectivity index (χ0v) is 14.3. The van der Waals surface area contributed by atoms with Crippen molar-refractivity contribution >= 4 is 34.8 Å². The fourth-order valence-electron chi connectivity index (χ4n) is 2.00. The summed E-state index contributed by atoms with van der Waals surface area (Å²) >= 11 is 12.0. The molecule has 0 aliphatic heterocycles. The average Bonchev–Trinajstić information content (AvgIpc) is 2.70. The molecule has 118 valence electrons. The lowest BCUT2D eigenvalue weighted by Crippen LogP contribution is -2.30. The predicted molar refractivity (Wildman–Crippen MR) is 87.9 cm³/mol. The first-order valence-corrected chi connectivity index (χ1v) is 7.48. The Balaban J connectivity index is 2.11. The van der Waals surface area contributed by atoms with Crippen LogP contribution < -0.4 is 10.1 Å². The molecule has 1 amide bonds. The first kappa shape index (κ1) is 16.6.